The lowest BCUT2D eigenvalue weighted by Gasteiger charge is -2.26. The van der Waals surface area contributed by atoms with E-state index in [1.165, 1.54) is 11.1 Å². The zero-order valence-corrected chi connectivity index (χ0v) is 16.6. The number of aliphatic imine (C=N–C) groups is 1. The predicted octanol–water partition coefficient (Wildman–Crippen LogP) is 5.22. The van der Waals surface area contributed by atoms with Gasteiger partial charge in [-0.05, 0) is 66.2 Å². The van der Waals surface area contributed by atoms with Crippen molar-refractivity contribution in [3.05, 3.63) is 51.6 Å². The Hall–Kier alpha value is -1.88. The van der Waals surface area contributed by atoms with Gasteiger partial charge in [0.25, 0.3) is 0 Å². The van der Waals surface area contributed by atoms with Crippen LogP contribution in [0.2, 0.25) is 0 Å². The van der Waals surface area contributed by atoms with Crippen LogP contribution in [0.4, 0.5) is 5.69 Å². The highest BCUT2D eigenvalue weighted by molar-refractivity contribution is 9.10. The third-order valence-corrected chi connectivity index (χ3v) is 5.14. The predicted molar refractivity (Wildman–Crippen MR) is 106 cm³/mol. The number of rotatable bonds is 5. The summed E-state index contributed by atoms with van der Waals surface area (Å²) >= 11 is 3.60. The third kappa shape index (κ3) is 4.21. The van der Waals surface area contributed by atoms with Crippen LogP contribution in [0.1, 0.15) is 42.7 Å². The molecule has 3 rings (SSSR count). The first-order valence-corrected chi connectivity index (χ1v) is 9.53. The minimum absolute atomic E-state index is 0.0636. The van der Waals surface area contributed by atoms with Gasteiger partial charge in [0.15, 0.2) is 0 Å². The number of aromatic nitrogens is 1. The Bertz CT molecular complexity index is 776. The van der Waals surface area contributed by atoms with E-state index in [-0.39, 0.29) is 6.10 Å². The zero-order valence-electron chi connectivity index (χ0n) is 15.0. The summed E-state index contributed by atoms with van der Waals surface area (Å²) in [6, 6.07) is 10.5. The van der Waals surface area contributed by atoms with Crippen molar-refractivity contribution in [2.24, 2.45) is 4.99 Å². The van der Waals surface area contributed by atoms with Gasteiger partial charge >= 0.3 is 0 Å². The molecule has 1 aromatic carbocycles. The van der Waals surface area contributed by atoms with E-state index in [0.29, 0.717) is 5.88 Å². The largest absolute Gasteiger partial charge is 0.469 e. The Kier molecular flexibility index (Phi) is 5.74. The third-order valence-electron chi connectivity index (χ3n) is 4.57. The van der Waals surface area contributed by atoms with Crippen LogP contribution < -0.4 is 4.74 Å². The lowest BCUT2D eigenvalue weighted by Crippen LogP contribution is -2.16. The molecule has 0 bridgehead atoms. The number of aryl methyl sites for hydroxylation is 2. The van der Waals surface area contributed by atoms with E-state index in [2.05, 4.69) is 57.1 Å². The molecule has 1 aromatic heterocycles. The lowest BCUT2D eigenvalue weighted by molar-refractivity contribution is 0.174. The zero-order chi connectivity index (χ0) is 17.8. The Morgan fingerprint density at radius 2 is 2.20 bits per heavy atom. The molecule has 0 fully saturated rings. The number of nitrogens with zero attached hydrogens (tertiary/aromatic N) is 3. The highest BCUT2D eigenvalue weighted by Crippen LogP contribution is 2.37. The maximum Gasteiger partial charge on any atom is 0.228 e. The molecular weight excluding hydrogens is 378 g/mol. The monoisotopic (exact) mass is 401 g/mol. The molecule has 0 aliphatic heterocycles. The Morgan fingerprint density at radius 1 is 1.40 bits per heavy atom. The summed E-state index contributed by atoms with van der Waals surface area (Å²) < 4.78 is 7.12. The van der Waals surface area contributed by atoms with Crippen molar-refractivity contribution in [3.8, 4) is 5.88 Å². The molecular formula is C20H24BrN3O. The van der Waals surface area contributed by atoms with E-state index in [1.807, 2.05) is 31.3 Å². The van der Waals surface area contributed by atoms with Crippen molar-refractivity contribution in [3.63, 3.8) is 0 Å². The average Bonchev–Trinajstić information content (AvgIpc) is 2.63. The second-order valence-corrected chi connectivity index (χ2v) is 7.25. The second kappa shape index (κ2) is 8.00. The Balaban J connectivity index is 1.83. The maximum atomic E-state index is 6.27. The van der Waals surface area contributed by atoms with E-state index in [0.717, 1.165) is 41.7 Å². The van der Waals surface area contributed by atoms with Crippen molar-refractivity contribution < 1.29 is 4.74 Å². The van der Waals surface area contributed by atoms with Crippen LogP contribution in [0, 0.1) is 6.92 Å². The van der Waals surface area contributed by atoms with Crippen molar-refractivity contribution in [2.45, 2.75) is 39.2 Å². The molecule has 0 amide bonds. The fourth-order valence-corrected chi connectivity index (χ4v) is 3.37. The molecule has 25 heavy (non-hydrogen) atoms. The smallest absolute Gasteiger partial charge is 0.228 e. The van der Waals surface area contributed by atoms with Gasteiger partial charge in [-0.25, -0.2) is 9.98 Å². The molecule has 0 spiro atoms. The van der Waals surface area contributed by atoms with Gasteiger partial charge in [-0.3, -0.25) is 0 Å². The molecule has 4 nitrogen and oxygen atoms in total. The summed E-state index contributed by atoms with van der Waals surface area (Å²) in [5.74, 6) is 0.641. The quantitative estimate of drug-likeness (QED) is 0.508. The van der Waals surface area contributed by atoms with Crippen molar-refractivity contribution in [1.82, 2.24) is 9.88 Å². The van der Waals surface area contributed by atoms with Gasteiger partial charge in [0.2, 0.25) is 5.88 Å². The number of hydrogen-bond donors (Lipinski definition) is 0. The van der Waals surface area contributed by atoms with E-state index in [1.54, 1.807) is 0 Å². The van der Waals surface area contributed by atoms with Gasteiger partial charge in [0.05, 0.1) is 22.2 Å². The van der Waals surface area contributed by atoms with Gasteiger partial charge in [-0.2, -0.15) is 0 Å². The summed E-state index contributed by atoms with van der Waals surface area (Å²) in [7, 11) is 2.00. The van der Waals surface area contributed by atoms with Crippen LogP contribution in [0.15, 0.2) is 39.8 Å². The van der Waals surface area contributed by atoms with Crippen molar-refractivity contribution in [2.75, 3.05) is 13.6 Å². The van der Waals surface area contributed by atoms with Crippen molar-refractivity contribution >= 4 is 28.0 Å². The molecule has 1 aliphatic rings. The topological polar surface area (TPSA) is 37.7 Å². The normalized spacial score (nSPS) is 16.7. The molecule has 0 saturated carbocycles. The van der Waals surface area contributed by atoms with Crippen LogP contribution in [0.5, 0.6) is 5.88 Å². The molecule has 0 saturated heterocycles. The van der Waals surface area contributed by atoms with Crippen molar-refractivity contribution in [1.29, 1.82) is 0 Å². The summed E-state index contributed by atoms with van der Waals surface area (Å²) in [5, 5.41) is 0. The second-order valence-electron chi connectivity index (χ2n) is 6.40. The van der Waals surface area contributed by atoms with Crippen LogP contribution in [0.3, 0.4) is 0 Å². The highest BCUT2D eigenvalue weighted by atomic mass is 79.9. The summed E-state index contributed by atoms with van der Waals surface area (Å²) in [5.41, 5.74) is 4.38. The maximum absolute atomic E-state index is 6.27. The van der Waals surface area contributed by atoms with E-state index >= 15 is 0 Å². The minimum atomic E-state index is 0.0636. The molecule has 0 radical (unpaired) electrons. The fourth-order valence-electron chi connectivity index (χ4n) is 2.97. The molecule has 2 aromatic rings. The first-order chi connectivity index (χ1) is 12.1. The molecule has 132 valence electrons. The molecule has 1 unspecified atom stereocenters. The summed E-state index contributed by atoms with van der Waals surface area (Å²) in [6.45, 7) is 4.97. The van der Waals surface area contributed by atoms with E-state index < -0.39 is 0 Å². The summed E-state index contributed by atoms with van der Waals surface area (Å²) in [4.78, 5) is 11.2. The average molecular weight is 402 g/mol. The number of ether oxygens (including phenoxy) is 1. The lowest BCUT2D eigenvalue weighted by atomic mass is 9.89. The molecule has 1 heterocycles. The number of hydrogen-bond acceptors (Lipinski definition) is 3. The number of halogens is 1. The summed E-state index contributed by atoms with van der Waals surface area (Å²) in [6.07, 6.45) is 5.18. The van der Waals surface area contributed by atoms with Crippen LogP contribution in [-0.4, -0.2) is 29.8 Å². The van der Waals surface area contributed by atoms with Crippen LogP contribution in [0.25, 0.3) is 0 Å². The number of benzene rings is 1. The molecule has 5 heteroatoms. The first kappa shape index (κ1) is 17.9. The van der Waals surface area contributed by atoms with Gasteiger partial charge < -0.3 is 9.64 Å². The molecule has 1 aliphatic carbocycles. The standard InChI is InChI=1S/C20H24BrN3O/c1-4-24(3)13-22-18-12-17(21)20(23-14(18)2)25-19-11-7-9-15-8-5-6-10-16(15)19/h5-6,8,10,12-13,19H,4,7,9,11H2,1-3H3. The highest BCUT2D eigenvalue weighted by Gasteiger charge is 2.23. The molecule has 1 atom stereocenters. The first-order valence-electron chi connectivity index (χ1n) is 8.74. The molecule has 0 N–H and O–H groups in total. The number of pyridine rings is 1. The minimum Gasteiger partial charge on any atom is -0.469 e. The van der Waals surface area contributed by atoms with Gasteiger partial charge in [0, 0.05) is 13.6 Å². The van der Waals surface area contributed by atoms with Gasteiger partial charge in [-0.15, -0.1) is 0 Å². The van der Waals surface area contributed by atoms with Gasteiger partial charge in [-0.1, -0.05) is 24.3 Å². The van der Waals surface area contributed by atoms with Gasteiger partial charge in [0.1, 0.15) is 6.10 Å². The fraction of sp³-hybridized carbons (Fsp3) is 0.400. The van der Waals surface area contributed by atoms with E-state index in [4.69, 9.17) is 4.74 Å². The van der Waals surface area contributed by atoms with E-state index in [9.17, 15) is 0 Å². The van der Waals surface area contributed by atoms with Crippen LogP contribution in [-0.2, 0) is 6.42 Å². The SMILES string of the molecule is CCN(C)C=Nc1cc(Br)c(OC2CCCc3ccccc32)nc1C. The number of fused-ring (bicyclic) bond motifs is 1. The Labute approximate surface area is 158 Å². The Morgan fingerprint density at radius 3 is 3.00 bits per heavy atom. The van der Waals surface area contributed by atoms with Crippen LogP contribution >= 0.6 is 15.9 Å².